The molecule has 0 atom stereocenters. The molecule has 0 aliphatic carbocycles. The standard InChI is InChI=1S/C19H20N4O2/c1-2-17-21-18(23-22-17)13-7-9-14(10-8-13)19(25)20-11-15-5-3-4-6-16(15)12-24/h3-10,24H,2,11-12H2,1H3,(H,20,25)(H,21,22,23). The van der Waals surface area contributed by atoms with Crippen LogP contribution in [0.15, 0.2) is 48.5 Å². The van der Waals surface area contributed by atoms with E-state index in [1.165, 1.54) is 0 Å². The molecule has 3 rings (SSSR count). The molecule has 128 valence electrons. The van der Waals surface area contributed by atoms with Crippen LogP contribution in [0.5, 0.6) is 0 Å². The molecule has 1 heterocycles. The molecule has 0 radical (unpaired) electrons. The first kappa shape index (κ1) is 16.9. The predicted octanol–water partition coefficient (Wildman–Crippen LogP) is 2.46. The smallest absolute Gasteiger partial charge is 0.251 e. The molecule has 0 unspecified atom stereocenters. The number of hydrogen-bond donors (Lipinski definition) is 3. The van der Waals surface area contributed by atoms with E-state index in [9.17, 15) is 9.90 Å². The lowest BCUT2D eigenvalue weighted by atomic mass is 10.1. The maximum absolute atomic E-state index is 12.3. The summed E-state index contributed by atoms with van der Waals surface area (Å²) in [6.45, 7) is 2.34. The molecule has 0 fully saturated rings. The second kappa shape index (κ2) is 7.72. The first-order valence-corrected chi connectivity index (χ1v) is 8.18. The topological polar surface area (TPSA) is 90.9 Å². The quantitative estimate of drug-likeness (QED) is 0.645. The summed E-state index contributed by atoms with van der Waals surface area (Å²) in [5, 5.41) is 19.3. The minimum Gasteiger partial charge on any atom is -0.392 e. The minimum atomic E-state index is -0.163. The number of nitrogens with one attached hydrogen (secondary N) is 2. The van der Waals surface area contributed by atoms with Gasteiger partial charge in [0.1, 0.15) is 5.82 Å². The Morgan fingerprint density at radius 1 is 1.12 bits per heavy atom. The zero-order chi connectivity index (χ0) is 17.6. The highest BCUT2D eigenvalue weighted by Crippen LogP contribution is 2.16. The molecule has 3 N–H and O–H groups in total. The van der Waals surface area contributed by atoms with E-state index in [0.29, 0.717) is 17.9 Å². The van der Waals surface area contributed by atoms with E-state index in [-0.39, 0.29) is 12.5 Å². The van der Waals surface area contributed by atoms with E-state index in [1.807, 2.05) is 43.3 Å². The molecule has 6 nitrogen and oxygen atoms in total. The van der Waals surface area contributed by atoms with Crippen molar-refractivity contribution in [3.8, 4) is 11.4 Å². The SMILES string of the molecule is CCc1nc(-c2ccc(C(=O)NCc3ccccc3CO)cc2)n[nH]1. The van der Waals surface area contributed by atoms with E-state index >= 15 is 0 Å². The van der Waals surface area contributed by atoms with Gasteiger partial charge in [-0.1, -0.05) is 43.3 Å². The molecule has 0 spiro atoms. The van der Waals surface area contributed by atoms with Gasteiger partial charge in [-0.2, -0.15) is 5.10 Å². The second-order valence-electron chi connectivity index (χ2n) is 5.65. The molecule has 0 bridgehead atoms. The van der Waals surface area contributed by atoms with Gasteiger partial charge in [0.2, 0.25) is 0 Å². The number of hydrogen-bond acceptors (Lipinski definition) is 4. The molecular weight excluding hydrogens is 316 g/mol. The van der Waals surface area contributed by atoms with E-state index < -0.39 is 0 Å². The number of aromatic nitrogens is 3. The largest absolute Gasteiger partial charge is 0.392 e. The summed E-state index contributed by atoms with van der Waals surface area (Å²) >= 11 is 0. The van der Waals surface area contributed by atoms with Crippen LogP contribution in [0.1, 0.15) is 34.2 Å². The van der Waals surface area contributed by atoms with Crippen LogP contribution in [-0.2, 0) is 19.6 Å². The molecule has 0 aliphatic heterocycles. The Morgan fingerprint density at radius 3 is 2.48 bits per heavy atom. The molecule has 1 aromatic heterocycles. The maximum Gasteiger partial charge on any atom is 0.251 e. The zero-order valence-electron chi connectivity index (χ0n) is 14.0. The predicted molar refractivity (Wildman–Crippen MR) is 94.7 cm³/mol. The second-order valence-corrected chi connectivity index (χ2v) is 5.65. The minimum absolute atomic E-state index is 0.0445. The monoisotopic (exact) mass is 336 g/mol. The summed E-state index contributed by atoms with van der Waals surface area (Å²) in [5.41, 5.74) is 3.15. The van der Waals surface area contributed by atoms with Gasteiger partial charge in [-0.3, -0.25) is 9.89 Å². The van der Waals surface area contributed by atoms with Gasteiger partial charge in [-0.15, -0.1) is 0 Å². The highest BCUT2D eigenvalue weighted by molar-refractivity contribution is 5.94. The third-order valence-electron chi connectivity index (χ3n) is 4.00. The van der Waals surface area contributed by atoms with Gasteiger partial charge in [0.25, 0.3) is 5.91 Å². The highest BCUT2D eigenvalue weighted by atomic mass is 16.3. The van der Waals surface area contributed by atoms with Gasteiger partial charge < -0.3 is 10.4 Å². The fraction of sp³-hybridized carbons (Fsp3) is 0.211. The van der Waals surface area contributed by atoms with E-state index in [0.717, 1.165) is 28.9 Å². The van der Waals surface area contributed by atoms with Crippen molar-refractivity contribution in [1.29, 1.82) is 0 Å². The number of carbonyl (C=O) groups excluding carboxylic acids is 1. The van der Waals surface area contributed by atoms with Crippen LogP contribution >= 0.6 is 0 Å². The summed E-state index contributed by atoms with van der Waals surface area (Å²) in [6.07, 6.45) is 0.794. The van der Waals surface area contributed by atoms with Gasteiger partial charge in [0.15, 0.2) is 5.82 Å². The third kappa shape index (κ3) is 3.92. The van der Waals surface area contributed by atoms with Crippen LogP contribution in [-0.4, -0.2) is 26.2 Å². The van der Waals surface area contributed by atoms with Crippen LogP contribution in [0.2, 0.25) is 0 Å². The Bertz CT molecular complexity index is 856. The lowest BCUT2D eigenvalue weighted by Crippen LogP contribution is -2.23. The number of H-pyrrole nitrogens is 1. The van der Waals surface area contributed by atoms with E-state index in [4.69, 9.17) is 0 Å². The van der Waals surface area contributed by atoms with Crippen molar-refractivity contribution >= 4 is 5.91 Å². The van der Waals surface area contributed by atoms with Crippen LogP contribution in [0, 0.1) is 0 Å². The number of aromatic amines is 1. The van der Waals surface area contributed by atoms with Crippen molar-refractivity contribution in [2.45, 2.75) is 26.5 Å². The molecule has 3 aromatic rings. The molecule has 0 saturated heterocycles. The average Bonchev–Trinajstić information content (AvgIpc) is 3.15. The number of amides is 1. The number of aliphatic hydroxyl groups excluding tert-OH is 1. The molecular formula is C19H20N4O2. The van der Waals surface area contributed by atoms with Crippen molar-refractivity contribution in [1.82, 2.24) is 20.5 Å². The first-order valence-electron chi connectivity index (χ1n) is 8.18. The van der Waals surface area contributed by atoms with Crippen LogP contribution in [0.4, 0.5) is 0 Å². The highest BCUT2D eigenvalue weighted by Gasteiger charge is 2.09. The fourth-order valence-electron chi connectivity index (χ4n) is 2.51. The zero-order valence-corrected chi connectivity index (χ0v) is 14.0. The normalized spacial score (nSPS) is 10.6. The van der Waals surface area contributed by atoms with Crippen molar-refractivity contribution in [3.63, 3.8) is 0 Å². The summed E-state index contributed by atoms with van der Waals surface area (Å²) < 4.78 is 0. The molecule has 1 amide bonds. The average molecular weight is 336 g/mol. The van der Waals surface area contributed by atoms with Crippen molar-refractivity contribution in [2.24, 2.45) is 0 Å². The number of benzene rings is 2. The summed E-state index contributed by atoms with van der Waals surface area (Å²) in [5.74, 6) is 1.29. The molecule has 6 heteroatoms. The molecule has 25 heavy (non-hydrogen) atoms. The third-order valence-corrected chi connectivity index (χ3v) is 4.00. The van der Waals surface area contributed by atoms with Gasteiger partial charge in [0, 0.05) is 24.1 Å². The Balaban J connectivity index is 1.66. The van der Waals surface area contributed by atoms with Crippen LogP contribution in [0.3, 0.4) is 0 Å². The van der Waals surface area contributed by atoms with Crippen molar-refractivity contribution in [2.75, 3.05) is 0 Å². The van der Waals surface area contributed by atoms with Gasteiger partial charge in [0.05, 0.1) is 6.61 Å². The molecule has 0 saturated carbocycles. The Morgan fingerprint density at radius 2 is 1.84 bits per heavy atom. The Labute approximate surface area is 145 Å². The summed E-state index contributed by atoms with van der Waals surface area (Å²) in [6, 6.07) is 14.7. The Hall–Kier alpha value is -2.99. The van der Waals surface area contributed by atoms with Gasteiger partial charge >= 0.3 is 0 Å². The lowest BCUT2D eigenvalue weighted by Gasteiger charge is -2.09. The molecule has 2 aromatic carbocycles. The van der Waals surface area contributed by atoms with E-state index in [1.54, 1.807) is 12.1 Å². The maximum atomic E-state index is 12.3. The molecule has 0 aliphatic rings. The number of aryl methyl sites for hydroxylation is 1. The van der Waals surface area contributed by atoms with Crippen molar-refractivity contribution in [3.05, 3.63) is 71.0 Å². The fourth-order valence-corrected chi connectivity index (χ4v) is 2.51. The van der Waals surface area contributed by atoms with Gasteiger partial charge in [-0.25, -0.2) is 4.98 Å². The van der Waals surface area contributed by atoms with Gasteiger partial charge in [-0.05, 0) is 23.3 Å². The van der Waals surface area contributed by atoms with Crippen LogP contribution in [0.25, 0.3) is 11.4 Å². The summed E-state index contributed by atoms with van der Waals surface area (Å²) in [7, 11) is 0. The van der Waals surface area contributed by atoms with Crippen molar-refractivity contribution < 1.29 is 9.90 Å². The summed E-state index contributed by atoms with van der Waals surface area (Å²) in [4.78, 5) is 16.7. The first-order chi connectivity index (χ1) is 12.2. The lowest BCUT2D eigenvalue weighted by molar-refractivity contribution is 0.0950. The number of carbonyl (C=O) groups is 1. The number of aliphatic hydroxyl groups is 1. The Kier molecular flexibility index (Phi) is 5.20. The van der Waals surface area contributed by atoms with Crippen LogP contribution < -0.4 is 5.32 Å². The number of nitrogens with zero attached hydrogens (tertiary/aromatic N) is 2. The van der Waals surface area contributed by atoms with E-state index in [2.05, 4.69) is 20.5 Å². The number of rotatable bonds is 6.